The second-order valence-corrected chi connectivity index (χ2v) is 6.35. The minimum Gasteiger partial charge on any atom is -0.468 e. The van der Waals surface area contributed by atoms with E-state index in [9.17, 15) is 9.59 Å². The third-order valence-corrected chi connectivity index (χ3v) is 4.55. The maximum atomic E-state index is 11.6. The van der Waals surface area contributed by atoms with Gasteiger partial charge in [0, 0.05) is 22.9 Å². The van der Waals surface area contributed by atoms with Crippen LogP contribution in [-0.4, -0.2) is 48.8 Å². The lowest BCUT2D eigenvalue weighted by Crippen LogP contribution is -2.35. The molecule has 3 N–H and O–H groups in total. The summed E-state index contributed by atoms with van der Waals surface area (Å²) in [6, 6.07) is 9.35. The van der Waals surface area contributed by atoms with Crippen LogP contribution < -0.4 is 11.1 Å². The van der Waals surface area contributed by atoms with Crippen molar-refractivity contribution in [2.45, 2.75) is 10.9 Å². The molecule has 0 aliphatic carbocycles. The van der Waals surface area contributed by atoms with Crippen molar-refractivity contribution in [2.24, 2.45) is 5.73 Å². The molecule has 1 atom stereocenters. The van der Waals surface area contributed by atoms with Gasteiger partial charge in [0.15, 0.2) is 0 Å². The summed E-state index contributed by atoms with van der Waals surface area (Å²) in [7, 11) is 1.30. The summed E-state index contributed by atoms with van der Waals surface area (Å²) < 4.78 is 4.51. The molecule has 0 aliphatic rings. The fourth-order valence-electron chi connectivity index (χ4n) is 1.43. The van der Waals surface area contributed by atoms with E-state index in [4.69, 9.17) is 5.73 Å². The van der Waals surface area contributed by atoms with Gasteiger partial charge >= 0.3 is 5.97 Å². The number of carbonyl (C=O) groups excluding carboxylic acids is 2. The van der Waals surface area contributed by atoms with E-state index in [2.05, 4.69) is 10.1 Å². The Labute approximate surface area is 133 Å². The highest BCUT2D eigenvalue weighted by Gasteiger charge is 2.14. The van der Waals surface area contributed by atoms with Crippen LogP contribution in [0.3, 0.4) is 0 Å². The van der Waals surface area contributed by atoms with Crippen LogP contribution in [0.15, 0.2) is 35.2 Å². The molecule has 0 saturated carbocycles. The first-order valence-electron chi connectivity index (χ1n) is 6.49. The van der Waals surface area contributed by atoms with Crippen molar-refractivity contribution in [1.82, 2.24) is 5.32 Å². The van der Waals surface area contributed by atoms with Crippen LogP contribution in [0.1, 0.15) is 0 Å². The lowest BCUT2D eigenvalue weighted by atomic mass is 10.4. The van der Waals surface area contributed by atoms with E-state index in [0.717, 1.165) is 5.75 Å². The van der Waals surface area contributed by atoms with Gasteiger partial charge in [-0.2, -0.15) is 0 Å². The summed E-state index contributed by atoms with van der Waals surface area (Å²) in [5, 5.41) is 2.83. The van der Waals surface area contributed by atoms with Crippen molar-refractivity contribution in [3.8, 4) is 0 Å². The van der Waals surface area contributed by atoms with Crippen molar-refractivity contribution < 1.29 is 14.3 Å². The van der Waals surface area contributed by atoms with Gasteiger partial charge in [0.2, 0.25) is 5.91 Å². The van der Waals surface area contributed by atoms with Crippen molar-refractivity contribution in [2.75, 3.05) is 30.9 Å². The van der Waals surface area contributed by atoms with E-state index in [-0.39, 0.29) is 5.91 Å². The fourth-order valence-corrected chi connectivity index (χ4v) is 3.01. The minimum atomic E-state index is -0.679. The zero-order valence-electron chi connectivity index (χ0n) is 11.9. The molecule has 21 heavy (non-hydrogen) atoms. The summed E-state index contributed by atoms with van der Waals surface area (Å²) >= 11 is 3.02. The molecule has 0 heterocycles. The van der Waals surface area contributed by atoms with Crippen LogP contribution in [0.25, 0.3) is 0 Å². The fraction of sp³-hybridized carbons (Fsp3) is 0.429. The summed E-state index contributed by atoms with van der Waals surface area (Å²) in [5.41, 5.74) is 5.57. The average molecular weight is 328 g/mol. The molecule has 7 heteroatoms. The first-order chi connectivity index (χ1) is 10.1. The predicted molar refractivity (Wildman–Crippen MR) is 87.5 cm³/mol. The van der Waals surface area contributed by atoms with Crippen LogP contribution in [0.4, 0.5) is 0 Å². The van der Waals surface area contributed by atoms with Crippen molar-refractivity contribution in [3.63, 3.8) is 0 Å². The highest BCUT2D eigenvalue weighted by atomic mass is 32.2. The monoisotopic (exact) mass is 328 g/mol. The molecule has 0 aromatic heterocycles. The second-order valence-electron chi connectivity index (χ2n) is 4.16. The van der Waals surface area contributed by atoms with Crippen LogP contribution in [-0.2, 0) is 14.3 Å². The topological polar surface area (TPSA) is 81.4 Å². The molecule has 1 rings (SSSR count). The number of hydrogen-bond donors (Lipinski definition) is 2. The molecule has 0 fully saturated rings. The number of nitrogens with one attached hydrogen (secondary N) is 1. The Morgan fingerprint density at radius 2 is 2.05 bits per heavy atom. The van der Waals surface area contributed by atoms with E-state index in [1.165, 1.54) is 23.8 Å². The summed E-state index contributed by atoms with van der Waals surface area (Å²) in [6.45, 7) is 0.613. The highest BCUT2D eigenvalue weighted by molar-refractivity contribution is 8.00. The first-order valence-corrected chi connectivity index (χ1v) is 8.63. The van der Waals surface area contributed by atoms with E-state index in [1.54, 1.807) is 11.8 Å². The molecule has 0 spiro atoms. The smallest absolute Gasteiger partial charge is 0.323 e. The van der Waals surface area contributed by atoms with Gasteiger partial charge in [-0.15, -0.1) is 23.5 Å². The molecular formula is C14H20N2O3S2. The predicted octanol–water partition coefficient (Wildman–Crippen LogP) is 1.13. The number of hydrogen-bond acceptors (Lipinski definition) is 6. The molecule has 1 amide bonds. The van der Waals surface area contributed by atoms with Gasteiger partial charge in [0.1, 0.15) is 6.04 Å². The maximum absolute atomic E-state index is 11.6. The molecule has 5 nitrogen and oxygen atoms in total. The molecule has 1 aromatic rings. The van der Waals surface area contributed by atoms with Gasteiger partial charge in [0.05, 0.1) is 12.9 Å². The summed E-state index contributed by atoms with van der Waals surface area (Å²) in [6.07, 6.45) is 0. The number of ether oxygens (including phenoxy) is 1. The molecular weight excluding hydrogens is 308 g/mol. The molecule has 0 aliphatic heterocycles. The molecule has 1 aromatic carbocycles. The Bertz CT molecular complexity index is 443. The number of methoxy groups -OCH3 is 1. The number of amides is 1. The second kappa shape index (κ2) is 10.5. The lowest BCUT2D eigenvalue weighted by Gasteiger charge is -2.09. The number of esters is 1. The van der Waals surface area contributed by atoms with Crippen LogP contribution in [0, 0.1) is 0 Å². The standard InChI is InChI=1S/C14H20N2O3S2/c1-19-14(18)12(15)9-20-10-13(17)16-7-8-21-11-5-3-2-4-6-11/h2-6,12H,7-10,15H2,1H3,(H,16,17). The van der Waals surface area contributed by atoms with Gasteiger partial charge < -0.3 is 15.8 Å². The summed E-state index contributed by atoms with van der Waals surface area (Å²) in [5.74, 6) is 0.981. The zero-order chi connectivity index (χ0) is 15.5. The van der Waals surface area contributed by atoms with Crippen LogP contribution in [0.2, 0.25) is 0 Å². The Hall–Kier alpha value is -1.18. The van der Waals surface area contributed by atoms with Crippen molar-refractivity contribution in [3.05, 3.63) is 30.3 Å². The minimum absolute atomic E-state index is 0.0503. The van der Waals surface area contributed by atoms with Gasteiger partial charge in [0.25, 0.3) is 0 Å². The van der Waals surface area contributed by atoms with E-state index in [1.807, 2.05) is 30.3 Å². The first kappa shape index (κ1) is 17.9. The molecule has 0 bridgehead atoms. The van der Waals surface area contributed by atoms with E-state index < -0.39 is 12.0 Å². The molecule has 1 unspecified atom stereocenters. The normalized spacial score (nSPS) is 11.7. The third-order valence-electron chi connectivity index (χ3n) is 2.47. The van der Waals surface area contributed by atoms with Crippen molar-refractivity contribution >= 4 is 35.4 Å². The Morgan fingerprint density at radius 3 is 2.71 bits per heavy atom. The SMILES string of the molecule is COC(=O)C(N)CSCC(=O)NCCSc1ccccc1. The van der Waals surface area contributed by atoms with E-state index in [0.29, 0.717) is 18.1 Å². The summed E-state index contributed by atoms with van der Waals surface area (Å²) in [4.78, 5) is 23.8. The maximum Gasteiger partial charge on any atom is 0.323 e. The molecule has 116 valence electrons. The third kappa shape index (κ3) is 7.99. The Morgan fingerprint density at radius 1 is 1.33 bits per heavy atom. The van der Waals surface area contributed by atoms with Gasteiger partial charge in [-0.1, -0.05) is 18.2 Å². The molecule has 0 radical (unpaired) electrons. The lowest BCUT2D eigenvalue weighted by molar-refractivity contribution is -0.141. The van der Waals surface area contributed by atoms with Gasteiger partial charge in [-0.05, 0) is 12.1 Å². The Kier molecular flexibility index (Phi) is 8.96. The number of nitrogens with two attached hydrogens (primary N) is 1. The largest absolute Gasteiger partial charge is 0.468 e. The van der Waals surface area contributed by atoms with Crippen LogP contribution >= 0.6 is 23.5 Å². The van der Waals surface area contributed by atoms with Gasteiger partial charge in [-0.3, -0.25) is 9.59 Å². The zero-order valence-corrected chi connectivity index (χ0v) is 13.5. The Balaban J connectivity index is 2.05. The average Bonchev–Trinajstić information content (AvgIpc) is 2.51. The number of benzene rings is 1. The number of rotatable bonds is 9. The van der Waals surface area contributed by atoms with Crippen molar-refractivity contribution in [1.29, 1.82) is 0 Å². The number of carbonyl (C=O) groups is 2. The quantitative estimate of drug-likeness (QED) is 0.402. The van der Waals surface area contributed by atoms with Crippen LogP contribution in [0.5, 0.6) is 0 Å². The number of thioether (sulfide) groups is 2. The van der Waals surface area contributed by atoms with Gasteiger partial charge in [-0.25, -0.2) is 0 Å². The molecule has 0 saturated heterocycles. The highest BCUT2D eigenvalue weighted by Crippen LogP contribution is 2.15. The van der Waals surface area contributed by atoms with E-state index >= 15 is 0 Å².